The fourth-order valence-corrected chi connectivity index (χ4v) is 2.56. The minimum absolute atomic E-state index is 0.0138. The number of hydrogen-bond donors (Lipinski definition) is 1. The molecule has 0 spiro atoms. The molecule has 1 fully saturated rings. The van der Waals surface area contributed by atoms with Crippen LogP contribution in [0, 0.1) is 11.7 Å². The fraction of sp³-hybridized carbons (Fsp3) is 0.625. The molecule has 0 aromatic heterocycles. The summed E-state index contributed by atoms with van der Waals surface area (Å²) in [5.74, 6) is 0.685. The van der Waals surface area contributed by atoms with Crippen molar-refractivity contribution in [2.45, 2.75) is 45.6 Å². The van der Waals surface area contributed by atoms with Crippen LogP contribution in [0.5, 0.6) is 0 Å². The topological polar surface area (TPSA) is 29.3 Å². The van der Waals surface area contributed by atoms with Gasteiger partial charge in [0.05, 0.1) is 0 Å². The van der Waals surface area contributed by atoms with Gasteiger partial charge in [0.2, 0.25) is 0 Å². The third kappa shape index (κ3) is 3.93. The van der Waals surface area contributed by atoms with E-state index in [-0.39, 0.29) is 11.9 Å². The standard InChI is InChI=1S/C16H25FN2/c1-3-9-19(11-13-7-8-13)16-6-4-5-15(17)14(16)10-12(2)18/h4-6,12-13H,3,7-11,18H2,1-2H3. The maximum atomic E-state index is 14.1. The highest BCUT2D eigenvalue weighted by Crippen LogP contribution is 2.33. The molecule has 3 heteroatoms. The van der Waals surface area contributed by atoms with Crippen LogP contribution in [-0.4, -0.2) is 19.1 Å². The van der Waals surface area contributed by atoms with Gasteiger partial charge < -0.3 is 10.6 Å². The quantitative estimate of drug-likeness (QED) is 0.818. The van der Waals surface area contributed by atoms with Gasteiger partial charge in [-0.25, -0.2) is 4.39 Å². The zero-order chi connectivity index (χ0) is 13.8. The number of nitrogens with two attached hydrogens (primary N) is 1. The molecule has 1 unspecified atom stereocenters. The highest BCUT2D eigenvalue weighted by Gasteiger charge is 2.25. The number of halogens is 1. The summed E-state index contributed by atoms with van der Waals surface area (Å²) in [5.41, 5.74) is 7.70. The molecule has 1 aliphatic carbocycles. The molecule has 1 aromatic rings. The van der Waals surface area contributed by atoms with Gasteiger partial charge in [-0.15, -0.1) is 0 Å². The van der Waals surface area contributed by atoms with Gasteiger partial charge in [0.1, 0.15) is 5.82 Å². The summed E-state index contributed by atoms with van der Waals surface area (Å²) >= 11 is 0. The molecule has 0 amide bonds. The van der Waals surface area contributed by atoms with E-state index < -0.39 is 0 Å². The first-order valence-corrected chi connectivity index (χ1v) is 7.39. The van der Waals surface area contributed by atoms with Gasteiger partial charge in [0, 0.05) is 30.4 Å². The largest absolute Gasteiger partial charge is 0.371 e. The molecule has 106 valence electrons. The molecule has 0 heterocycles. The van der Waals surface area contributed by atoms with Gasteiger partial charge >= 0.3 is 0 Å². The maximum Gasteiger partial charge on any atom is 0.128 e. The third-order valence-electron chi connectivity index (χ3n) is 3.63. The third-order valence-corrected chi connectivity index (χ3v) is 3.63. The summed E-state index contributed by atoms with van der Waals surface area (Å²) in [6.07, 6.45) is 4.32. The summed E-state index contributed by atoms with van der Waals surface area (Å²) in [5, 5.41) is 0. The van der Waals surface area contributed by atoms with E-state index in [0.29, 0.717) is 6.42 Å². The van der Waals surface area contributed by atoms with E-state index in [4.69, 9.17) is 5.73 Å². The Morgan fingerprint density at radius 1 is 1.42 bits per heavy atom. The van der Waals surface area contributed by atoms with Crippen molar-refractivity contribution in [2.75, 3.05) is 18.0 Å². The van der Waals surface area contributed by atoms with E-state index in [9.17, 15) is 4.39 Å². The van der Waals surface area contributed by atoms with Gasteiger partial charge in [-0.1, -0.05) is 13.0 Å². The Morgan fingerprint density at radius 3 is 2.74 bits per heavy atom. The van der Waals surface area contributed by atoms with Crippen molar-refractivity contribution in [3.8, 4) is 0 Å². The molecule has 0 saturated heterocycles. The van der Waals surface area contributed by atoms with E-state index in [1.54, 1.807) is 6.07 Å². The van der Waals surface area contributed by atoms with Crippen molar-refractivity contribution in [2.24, 2.45) is 11.7 Å². The molecule has 1 saturated carbocycles. The second-order valence-electron chi connectivity index (χ2n) is 5.81. The van der Waals surface area contributed by atoms with E-state index >= 15 is 0 Å². The number of benzene rings is 1. The van der Waals surface area contributed by atoms with Crippen molar-refractivity contribution < 1.29 is 4.39 Å². The zero-order valence-corrected chi connectivity index (χ0v) is 12.0. The lowest BCUT2D eigenvalue weighted by atomic mass is 10.0. The lowest BCUT2D eigenvalue weighted by Gasteiger charge is -2.27. The molecule has 1 aromatic carbocycles. The van der Waals surface area contributed by atoms with Crippen LogP contribution >= 0.6 is 0 Å². The predicted octanol–water partition coefficient (Wildman–Crippen LogP) is 3.34. The number of rotatable bonds is 7. The van der Waals surface area contributed by atoms with E-state index in [2.05, 4.69) is 11.8 Å². The molecule has 0 bridgehead atoms. The molecule has 1 atom stereocenters. The van der Waals surface area contributed by atoms with E-state index in [0.717, 1.165) is 36.7 Å². The zero-order valence-electron chi connectivity index (χ0n) is 12.0. The second kappa shape index (κ2) is 6.38. The summed E-state index contributed by atoms with van der Waals surface area (Å²) in [6, 6.07) is 5.38. The average Bonchev–Trinajstić information content (AvgIpc) is 3.15. The smallest absolute Gasteiger partial charge is 0.128 e. The van der Waals surface area contributed by atoms with Crippen molar-refractivity contribution in [3.05, 3.63) is 29.6 Å². The van der Waals surface area contributed by atoms with Crippen LogP contribution in [0.25, 0.3) is 0 Å². The van der Waals surface area contributed by atoms with Crippen LogP contribution in [0.2, 0.25) is 0 Å². The maximum absolute atomic E-state index is 14.1. The average molecular weight is 264 g/mol. The molecule has 2 rings (SSSR count). The summed E-state index contributed by atoms with van der Waals surface area (Å²) < 4.78 is 14.1. The van der Waals surface area contributed by atoms with Gasteiger partial charge in [0.15, 0.2) is 0 Å². The Hall–Kier alpha value is -1.09. The molecule has 0 radical (unpaired) electrons. The van der Waals surface area contributed by atoms with Gasteiger partial charge in [0.25, 0.3) is 0 Å². The van der Waals surface area contributed by atoms with Crippen molar-refractivity contribution in [1.29, 1.82) is 0 Å². The van der Waals surface area contributed by atoms with Gasteiger partial charge in [-0.05, 0) is 50.7 Å². The monoisotopic (exact) mass is 264 g/mol. The normalized spacial score (nSPS) is 16.4. The molecule has 2 nitrogen and oxygen atoms in total. The minimum atomic E-state index is -0.119. The van der Waals surface area contributed by atoms with Gasteiger partial charge in [-0.3, -0.25) is 0 Å². The Balaban J connectivity index is 2.25. The Labute approximate surface area is 115 Å². The SMILES string of the molecule is CCCN(CC1CC1)c1cccc(F)c1CC(C)N. The number of hydrogen-bond acceptors (Lipinski definition) is 2. The highest BCUT2D eigenvalue weighted by atomic mass is 19.1. The Bertz CT molecular complexity index is 413. The van der Waals surface area contributed by atoms with Crippen LogP contribution in [0.3, 0.4) is 0 Å². The molecule has 1 aliphatic rings. The molecule has 19 heavy (non-hydrogen) atoms. The van der Waals surface area contributed by atoms with Crippen molar-refractivity contribution in [3.63, 3.8) is 0 Å². The van der Waals surface area contributed by atoms with Crippen LogP contribution < -0.4 is 10.6 Å². The molecule has 0 aliphatic heterocycles. The van der Waals surface area contributed by atoms with Gasteiger partial charge in [-0.2, -0.15) is 0 Å². The minimum Gasteiger partial charge on any atom is -0.371 e. The molecular formula is C16H25FN2. The predicted molar refractivity (Wildman–Crippen MR) is 79.0 cm³/mol. The summed E-state index contributed by atoms with van der Waals surface area (Å²) in [6.45, 7) is 6.15. The first-order valence-electron chi connectivity index (χ1n) is 7.39. The molecular weight excluding hydrogens is 239 g/mol. The Morgan fingerprint density at radius 2 is 2.16 bits per heavy atom. The summed E-state index contributed by atoms with van der Waals surface area (Å²) in [7, 11) is 0. The van der Waals surface area contributed by atoms with Crippen LogP contribution in [0.1, 0.15) is 38.7 Å². The summed E-state index contributed by atoms with van der Waals surface area (Å²) in [4.78, 5) is 2.35. The Kier molecular flexibility index (Phi) is 4.81. The van der Waals surface area contributed by atoms with Crippen molar-refractivity contribution >= 4 is 5.69 Å². The van der Waals surface area contributed by atoms with E-state index in [1.165, 1.54) is 12.8 Å². The van der Waals surface area contributed by atoms with Crippen LogP contribution in [0.15, 0.2) is 18.2 Å². The first-order chi connectivity index (χ1) is 9.11. The lowest BCUT2D eigenvalue weighted by molar-refractivity contribution is 0.591. The second-order valence-corrected chi connectivity index (χ2v) is 5.81. The van der Waals surface area contributed by atoms with E-state index in [1.807, 2.05) is 19.1 Å². The van der Waals surface area contributed by atoms with Crippen LogP contribution in [-0.2, 0) is 6.42 Å². The highest BCUT2D eigenvalue weighted by molar-refractivity contribution is 5.54. The lowest BCUT2D eigenvalue weighted by Crippen LogP contribution is -2.29. The number of anilines is 1. The first kappa shape index (κ1) is 14.3. The van der Waals surface area contributed by atoms with Crippen molar-refractivity contribution in [1.82, 2.24) is 0 Å². The number of nitrogens with zero attached hydrogens (tertiary/aromatic N) is 1. The van der Waals surface area contributed by atoms with Crippen LogP contribution in [0.4, 0.5) is 10.1 Å². The molecule has 2 N–H and O–H groups in total. The fourth-order valence-electron chi connectivity index (χ4n) is 2.56.